The minimum absolute atomic E-state index is 0.205. The largest absolute Gasteiger partial charge is 0.510 e. The molecule has 1 aromatic heterocycles. The summed E-state index contributed by atoms with van der Waals surface area (Å²) >= 11 is 1.51. The number of aromatic nitrogens is 1. The standard InChI is InChI=1S/C22H24N4OS/c1-4-25(5-2)15-10-11-17(14(3)12-15)26-13-18(27)20(21(26)23)22-24-16-8-6-7-9-19(16)28-22/h6-12,23,27H,4-5,13H2,1-3H3. The molecule has 2 aromatic carbocycles. The maximum absolute atomic E-state index is 10.6. The summed E-state index contributed by atoms with van der Waals surface area (Å²) in [5, 5.41) is 20.0. The molecule has 28 heavy (non-hydrogen) atoms. The molecular weight excluding hydrogens is 368 g/mol. The molecule has 0 amide bonds. The van der Waals surface area contributed by atoms with Gasteiger partial charge in [-0.1, -0.05) is 12.1 Å². The van der Waals surface area contributed by atoms with E-state index in [1.54, 1.807) is 0 Å². The third-order valence-corrected chi connectivity index (χ3v) is 6.26. The first kappa shape index (κ1) is 18.5. The second-order valence-electron chi connectivity index (χ2n) is 6.89. The maximum Gasteiger partial charge on any atom is 0.139 e. The van der Waals surface area contributed by atoms with Crippen molar-refractivity contribution in [3.8, 4) is 0 Å². The van der Waals surface area contributed by atoms with Gasteiger partial charge in [0.1, 0.15) is 16.6 Å². The molecule has 0 spiro atoms. The van der Waals surface area contributed by atoms with Gasteiger partial charge in [0, 0.05) is 24.5 Å². The molecule has 1 aliphatic heterocycles. The SMILES string of the molecule is CCN(CC)c1ccc(N2CC(O)=C(c3nc4ccccc4s3)C2=N)c(C)c1. The van der Waals surface area contributed by atoms with Crippen LogP contribution in [-0.2, 0) is 0 Å². The van der Waals surface area contributed by atoms with Crippen LogP contribution in [0.25, 0.3) is 15.8 Å². The van der Waals surface area contributed by atoms with Crippen molar-refractivity contribution in [2.75, 3.05) is 29.4 Å². The monoisotopic (exact) mass is 392 g/mol. The minimum Gasteiger partial charge on any atom is -0.510 e. The molecule has 144 valence electrons. The van der Waals surface area contributed by atoms with Crippen LogP contribution in [-0.4, -0.2) is 35.6 Å². The zero-order valence-corrected chi connectivity index (χ0v) is 17.2. The van der Waals surface area contributed by atoms with Crippen molar-refractivity contribution >= 4 is 44.3 Å². The van der Waals surface area contributed by atoms with Gasteiger partial charge < -0.3 is 14.9 Å². The van der Waals surface area contributed by atoms with Crippen molar-refractivity contribution in [2.24, 2.45) is 0 Å². The zero-order valence-electron chi connectivity index (χ0n) is 16.4. The van der Waals surface area contributed by atoms with Crippen molar-refractivity contribution in [3.63, 3.8) is 0 Å². The highest BCUT2D eigenvalue weighted by molar-refractivity contribution is 7.19. The van der Waals surface area contributed by atoms with Gasteiger partial charge in [-0.05, 0) is 56.7 Å². The van der Waals surface area contributed by atoms with Crippen LogP contribution in [0.3, 0.4) is 0 Å². The molecule has 0 unspecified atom stereocenters. The molecule has 1 aliphatic rings. The number of rotatable bonds is 5. The lowest BCUT2D eigenvalue weighted by Crippen LogP contribution is -2.27. The van der Waals surface area contributed by atoms with E-state index in [1.807, 2.05) is 35.2 Å². The van der Waals surface area contributed by atoms with Crippen LogP contribution in [0, 0.1) is 12.3 Å². The Hall–Kier alpha value is -2.86. The van der Waals surface area contributed by atoms with Gasteiger partial charge >= 0.3 is 0 Å². The molecular formula is C22H24N4OS. The second-order valence-corrected chi connectivity index (χ2v) is 7.92. The number of aliphatic hydroxyl groups is 1. The quantitative estimate of drug-likeness (QED) is 0.625. The van der Waals surface area contributed by atoms with Crippen molar-refractivity contribution in [1.82, 2.24) is 4.98 Å². The molecule has 0 atom stereocenters. The van der Waals surface area contributed by atoms with Gasteiger partial charge in [-0.3, -0.25) is 5.41 Å². The van der Waals surface area contributed by atoms with E-state index in [1.165, 1.54) is 17.0 Å². The number of hydrogen-bond donors (Lipinski definition) is 2. The summed E-state index contributed by atoms with van der Waals surface area (Å²) in [5.41, 5.74) is 4.65. The molecule has 0 saturated heterocycles. The van der Waals surface area contributed by atoms with E-state index in [-0.39, 0.29) is 5.76 Å². The van der Waals surface area contributed by atoms with Crippen molar-refractivity contribution in [2.45, 2.75) is 20.8 Å². The van der Waals surface area contributed by atoms with Crippen LogP contribution in [0.15, 0.2) is 48.2 Å². The van der Waals surface area contributed by atoms with Crippen LogP contribution < -0.4 is 9.80 Å². The Kier molecular flexibility index (Phi) is 4.81. The van der Waals surface area contributed by atoms with E-state index >= 15 is 0 Å². The topological polar surface area (TPSA) is 63.5 Å². The molecule has 3 aromatic rings. The zero-order chi connectivity index (χ0) is 19.8. The molecule has 5 nitrogen and oxygen atoms in total. The Labute approximate surface area is 169 Å². The van der Waals surface area contributed by atoms with E-state index in [4.69, 9.17) is 5.41 Å². The number of para-hydroxylation sites is 1. The lowest BCUT2D eigenvalue weighted by molar-refractivity contribution is 0.411. The Morgan fingerprint density at radius 3 is 2.61 bits per heavy atom. The number of benzene rings is 2. The fourth-order valence-corrected chi connectivity index (χ4v) is 4.75. The molecule has 0 bridgehead atoms. The maximum atomic E-state index is 10.6. The Bertz CT molecular complexity index is 1050. The summed E-state index contributed by atoms with van der Waals surface area (Å²) in [5.74, 6) is 0.506. The highest BCUT2D eigenvalue weighted by atomic mass is 32.1. The molecule has 4 rings (SSSR count). The van der Waals surface area contributed by atoms with Crippen molar-refractivity contribution in [3.05, 3.63) is 58.8 Å². The van der Waals surface area contributed by atoms with Gasteiger partial charge in [0.25, 0.3) is 0 Å². The van der Waals surface area contributed by atoms with Crippen molar-refractivity contribution < 1.29 is 5.11 Å². The van der Waals surface area contributed by atoms with E-state index in [2.05, 4.69) is 42.8 Å². The lowest BCUT2D eigenvalue weighted by Gasteiger charge is -2.25. The molecule has 2 N–H and O–H groups in total. The van der Waals surface area contributed by atoms with Gasteiger partial charge in [0.15, 0.2) is 0 Å². The van der Waals surface area contributed by atoms with Gasteiger partial charge in [-0.25, -0.2) is 4.98 Å². The summed E-state index contributed by atoms with van der Waals surface area (Å²) in [7, 11) is 0. The number of amidine groups is 1. The van der Waals surface area contributed by atoms with Gasteiger partial charge in [0.2, 0.25) is 0 Å². The Balaban J connectivity index is 1.66. The second kappa shape index (κ2) is 7.28. The van der Waals surface area contributed by atoms with E-state index < -0.39 is 0 Å². The number of fused-ring (bicyclic) bond motifs is 1. The molecule has 6 heteroatoms. The van der Waals surface area contributed by atoms with Gasteiger partial charge in [-0.2, -0.15) is 0 Å². The molecule has 0 radical (unpaired) electrons. The fraction of sp³-hybridized carbons (Fsp3) is 0.273. The average Bonchev–Trinajstić information content (AvgIpc) is 3.23. The van der Waals surface area contributed by atoms with Crippen LogP contribution >= 0.6 is 11.3 Å². The van der Waals surface area contributed by atoms with Crippen LogP contribution in [0.4, 0.5) is 11.4 Å². The van der Waals surface area contributed by atoms with E-state index in [9.17, 15) is 5.11 Å². The first-order valence-corrected chi connectivity index (χ1v) is 10.3. The molecule has 2 heterocycles. The predicted molar refractivity (Wildman–Crippen MR) is 119 cm³/mol. The summed E-state index contributed by atoms with van der Waals surface area (Å²) in [6.45, 7) is 8.57. The normalized spacial score (nSPS) is 14.4. The highest BCUT2D eigenvalue weighted by Crippen LogP contribution is 2.36. The fourth-order valence-electron chi connectivity index (χ4n) is 3.72. The van der Waals surface area contributed by atoms with E-state index in [0.717, 1.165) is 34.6 Å². The number of hydrogen-bond acceptors (Lipinski definition) is 5. The number of nitrogens with one attached hydrogen (secondary N) is 1. The summed E-state index contributed by atoms with van der Waals surface area (Å²) < 4.78 is 1.06. The summed E-state index contributed by atoms with van der Waals surface area (Å²) in [4.78, 5) is 8.79. The van der Waals surface area contributed by atoms with E-state index in [0.29, 0.717) is 23.0 Å². The lowest BCUT2D eigenvalue weighted by atomic mass is 10.1. The summed E-state index contributed by atoms with van der Waals surface area (Å²) in [6, 6.07) is 14.2. The number of thiazole rings is 1. The number of nitrogens with zero attached hydrogens (tertiary/aromatic N) is 3. The van der Waals surface area contributed by atoms with Gasteiger partial charge in [0.05, 0.1) is 22.3 Å². The number of aryl methyl sites for hydroxylation is 1. The van der Waals surface area contributed by atoms with Crippen LogP contribution in [0.5, 0.6) is 0 Å². The average molecular weight is 393 g/mol. The first-order chi connectivity index (χ1) is 13.5. The predicted octanol–water partition coefficient (Wildman–Crippen LogP) is 5.22. The van der Waals surface area contributed by atoms with Crippen LogP contribution in [0.2, 0.25) is 0 Å². The molecule has 0 fully saturated rings. The first-order valence-electron chi connectivity index (χ1n) is 9.53. The Morgan fingerprint density at radius 2 is 1.93 bits per heavy atom. The minimum atomic E-state index is 0.205. The van der Waals surface area contributed by atoms with Crippen LogP contribution in [0.1, 0.15) is 24.4 Å². The number of aliphatic hydroxyl groups excluding tert-OH is 1. The molecule has 0 aliphatic carbocycles. The smallest absolute Gasteiger partial charge is 0.139 e. The third kappa shape index (κ3) is 3.03. The third-order valence-electron chi connectivity index (χ3n) is 5.21. The van der Waals surface area contributed by atoms with Gasteiger partial charge in [-0.15, -0.1) is 11.3 Å². The summed E-state index contributed by atoms with van der Waals surface area (Å²) in [6.07, 6.45) is 0. The van der Waals surface area contributed by atoms with Crippen molar-refractivity contribution in [1.29, 1.82) is 5.41 Å². The highest BCUT2D eigenvalue weighted by Gasteiger charge is 2.32. The Morgan fingerprint density at radius 1 is 1.18 bits per heavy atom. The number of anilines is 2. The molecule has 0 saturated carbocycles.